The Morgan fingerprint density at radius 2 is 2.21 bits per heavy atom. The lowest BCUT2D eigenvalue weighted by atomic mass is 9.96. The highest BCUT2D eigenvalue weighted by molar-refractivity contribution is 7.91. The van der Waals surface area contributed by atoms with E-state index in [4.69, 9.17) is 0 Å². The third kappa shape index (κ3) is 3.92. The van der Waals surface area contributed by atoms with Gasteiger partial charge >= 0.3 is 0 Å². The molecule has 2 aromatic heterocycles. The molecule has 0 amide bonds. The number of aromatic nitrogens is 2. The summed E-state index contributed by atoms with van der Waals surface area (Å²) in [7, 11) is -1.66. The van der Waals surface area contributed by atoms with Gasteiger partial charge < -0.3 is 9.47 Å². The summed E-state index contributed by atoms with van der Waals surface area (Å²) < 4.78 is 31.0. The van der Waals surface area contributed by atoms with Crippen molar-refractivity contribution in [1.82, 2.24) is 14.3 Å². The zero-order chi connectivity index (χ0) is 20.6. The van der Waals surface area contributed by atoms with Crippen molar-refractivity contribution in [3.63, 3.8) is 0 Å². The van der Waals surface area contributed by atoms with E-state index in [1.165, 1.54) is 11.3 Å². The molecule has 3 heterocycles. The first-order chi connectivity index (χ1) is 13.9. The lowest BCUT2D eigenvalue weighted by Gasteiger charge is -2.36. The summed E-state index contributed by atoms with van der Waals surface area (Å²) in [4.78, 5) is 6.32. The molecule has 1 aliphatic heterocycles. The van der Waals surface area contributed by atoms with Crippen LogP contribution < -0.4 is 9.62 Å². The molecule has 4 rings (SSSR count). The predicted molar refractivity (Wildman–Crippen MR) is 112 cm³/mol. The van der Waals surface area contributed by atoms with Gasteiger partial charge in [0.2, 0.25) is 0 Å². The minimum atomic E-state index is -3.60. The van der Waals surface area contributed by atoms with Crippen molar-refractivity contribution in [2.75, 3.05) is 11.4 Å². The average Bonchev–Trinajstić information content (AvgIpc) is 3.29. The summed E-state index contributed by atoms with van der Waals surface area (Å²) in [6.07, 6.45) is 4.10. The Labute approximate surface area is 174 Å². The monoisotopic (exact) mass is 427 g/mol. The van der Waals surface area contributed by atoms with Gasteiger partial charge in [0.1, 0.15) is 4.21 Å². The highest BCUT2D eigenvalue weighted by Gasteiger charge is 2.30. The van der Waals surface area contributed by atoms with E-state index in [-0.39, 0.29) is 6.04 Å². The first-order valence-corrected chi connectivity index (χ1v) is 11.5. The molecule has 0 radical (unpaired) electrons. The molecule has 0 spiro atoms. The Hall–Kier alpha value is -2.67. The molecule has 1 N–H and O–H groups in total. The number of nitriles is 1. The van der Waals surface area contributed by atoms with Gasteiger partial charge in [-0.3, -0.25) is 0 Å². The fourth-order valence-electron chi connectivity index (χ4n) is 3.69. The van der Waals surface area contributed by atoms with Crippen LogP contribution >= 0.6 is 11.3 Å². The Morgan fingerprint density at radius 1 is 1.38 bits per heavy atom. The van der Waals surface area contributed by atoms with Crippen LogP contribution in [-0.4, -0.2) is 30.6 Å². The van der Waals surface area contributed by atoms with Gasteiger partial charge in [0.05, 0.1) is 30.2 Å². The van der Waals surface area contributed by atoms with E-state index in [1.807, 2.05) is 36.0 Å². The first-order valence-electron chi connectivity index (χ1n) is 9.17. The van der Waals surface area contributed by atoms with Crippen LogP contribution in [0, 0.1) is 18.3 Å². The zero-order valence-electron chi connectivity index (χ0n) is 16.2. The summed E-state index contributed by atoms with van der Waals surface area (Å²) in [6, 6.07) is 9.28. The quantitative estimate of drug-likeness (QED) is 0.676. The van der Waals surface area contributed by atoms with E-state index in [0.717, 1.165) is 22.5 Å². The molecule has 1 aromatic carbocycles. The number of benzene rings is 1. The van der Waals surface area contributed by atoms with Crippen LogP contribution in [0.25, 0.3) is 0 Å². The van der Waals surface area contributed by atoms with Gasteiger partial charge in [0, 0.05) is 31.5 Å². The Morgan fingerprint density at radius 3 is 2.86 bits per heavy atom. The van der Waals surface area contributed by atoms with E-state index in [9.17, 15) is 13.7 Å². The van der Waals surface area contributed by atoms with Crippen molar-refractivity contribution < 1.29 is 8.42 Å². The maximum atomic E-state index is 12.9. The SMILES string of the molecule is Cc1ccsc1S(=O)(=O)NC1Cc2cc(C#N)ccc2N(Cc2cncn2C)C1. The molecular formula is C20H21N5O2S2. The zero-order valence-corrected chi connectivity index (χ0v) is 17.8. The summed E-state index contributed by atoms with van der Waals surface area (Å²) in [6.45, 7) is 2.94. The van der Waals surface area contributed by atoms with Crippen molar-refractivity contribution in [3.05, 3.63) is 64.6 Å². The molecule has 0 saturated heterocycles. The summed E-state index contributed by atoms with van der Waals surface area (Å²) >= 11 is 1.22. The van der Waals surface area contributed by atoms with Crippen LogP contribution in [0.15, 0.2) is 46.4 Å². The number of thiophene rings is 1. The molecular weight excluding hydrogens is 406 g/mol. The topological polar surface area (TPSA) is 91.0 Å². The summed E-state index contributed by atoms with van der Waals surface area (Å²) in [5.74, 6) is 0. The molecule has 0 fully saturated rings. The van der Waals surface area contributed by atoms with Crippen LogP contribution in [0.1, 0.15) is 22.4 Å². The number of hydrogen-bond acceptors (Lipinski definition) is 6. The summed E-state index contributed by atoms with van der Waals surface area (Å²) in [5.41, 5.74) is 4.33. The molecule has 0 bridgehead atoms. The van der Waals surface area contributed by atoms with Gasteiger partial charge in [-0.15, -0.1) is 11.3 Å². The molecule has 29 heavy (non-hydrogen) atoms. The number of fused-ring (bicyclic) bond motifs is 1. The summed E-state index contributed by atoms with van der Waals surface area (Å²) in [5, 5.41) is 11.1. The Bertz CT molecular complexity index is 1190. The number of rotatable bonds is 5. The van der Waals surface area contributed by atoms with Crippen LogP contribution in [0.4, 0.5) is 5.69 Å². The van der Waals surface area contributed by atoms with Gasteiger partial charge in [-0.1, -0.05) is 0 Å². The molecule has 0 saturated carbocycles. The molecule has 1 unspecified atom stereocenters. The van der Waals surface area contributed by atoms with Gasteiger partial charge in [-0.05, 0) is 54.1 Å². The minimum absolute atomic E-state index is 0.295. The fourth-order valence-corrected chi connectivity index (χ4v) is 6.35. The number of aryl methyl sites for hydroxylation is 2. The smallest absolute Gasteiger partial charge is 0.250 e. The second-order valence-electron chi connectivity index (χ2n) is 7.25. The number of sulfonamides is 1. The number of hydrogen-bond donors (Lipinski definition) is 1. The van der Waals surface area contributed by atoms with Crippen LogP contribution in [0.2, 0.25) is 0 Å². The van der Waals surface area contributed by atoms with Crippen LogP contribution in [0.3, 0.4) is 0 Å². The van der Waals surface area contributed by atoms with E-state index in [1.54, 1.807) is 24.7 Å². The van der Waals surface area contributed by atoms with Gasteiger partial charge in [0.15, 0.2) is 0 Å². The second kappa shape index (κ2) is 7.63. The van der Waals surface area contributed by atoms with Gasteiger partial charge in [0.25, 0.3) is 10.0 Å². The van der Waals surface area contributed by atoms with Crippen molar-refractivity contribution in [2.45, 2.75) is 30.1 Å². The Balaban J connectivity index is 1.66. The molecule has 1 atom stereocenters. The largest absolute Gasteiger partial charge is 0.364 e. The maximum Gasteiger partial charge on any atom is 0.250 e. The first kappa shape index (κ1) is 19.6. The van der Waals surface area contributed by atoms with Crippen LogP contribution in [0.5, 0.6) is 0 Å². The van der Waals surface area contributed by atoms with E-state index < -0.39 is 10.0 Å². The second-order valence-corrected chi connectivity index (χ2v) is 10.1. The molecule has 1 aliphatic rings. The molecule has 3 aromatic rings. The predicted octanol–water partition coefficient (Wildman–Crippen LogP) is 2.57. The van der Waals surface area contributed by atoms with E-state index in [0.29, 0.717) is 29.3 Å². The number of nitrogens with zero attached hydrogens (tertiary/aromatic N) is 4. The third-order valence-electron chi connectivity index (χ3n) is 5.11. The average molecular weight is 428 g/mol. The standard InChI is InChI=1S/C20H21N5O2S2/c1-14-5-6-28-20(14)29(26,27)23-17-8-16-7-15(9-21)3-4-19(16)25(11-17)12-18-10-22-13-24(18)2/h3-7,10,13,17,23H,8,11-12H2,1-2H3. The van der Waals surface area contributed by atoms with Gasteiger partial charge in [-0.25, -0.2) is 18.1 Å². The molecule has 150 valence electrons. The Kier molecular flexibility index (Phi) is 5.17. The fraction of sp³-hybridized carbons (Fsp3) is 0.300. The maximum absolute atomic E-state index is 12.9. The molecule has 0 aliphatic carbocycles. The van der Waals surface area contributed by atoms with Crippen molar-refractivity contribution >= 4 is 27.0 Å². The lowest BCUT2D eigenvalue weighted by Crippen LogP contribution is -2.48. The number of nitrogens with one attached hydrogen (secondary N) is 1. The van der Waals surface area contributed by atoms with Crippen molar-refractivity contribution in [2.24, 2.45) is 7.05 Å². The van der Waals surface area contributed by atoms with E-state index in [2.05, 4.69) is 20.7 Å². The number of imidazole rings is 1. The van der Waals surface area contributed by atoms with E-state index >= 15 is 0 Å². The lowest BCUT2D eigenvalue weighted by molar-refractivity contribution is 0.523. The number of anilines is 1. The van der Waals surface area contributed by atoms with Crippen molar-refractivity contribution in [3.8, 4) is 6.07 Å². The van der Waals surface area contributed by atoms with Crippen LogP contribution in [-0.2, 0) is 30.0 Å². The highest BCUT2D eigenvalue weighted by atomic mass is 32.2. The minimum Gasteiger partial charge on any atom is -0.364 e. The molecule has 7 nitrogen and oxygen atoms in total. The van der Waals surface area contributed by atoms with Crippen molar-refractivity contribution in [1.29, 1.82) is 5.26 Å². The third-order valence-corrected chi connectivity index (χ3v) is 8.32. The van der Waals surface area contributed by atoms with Gasteiger partial charge in [-0.2, -0.15) is 5.26 Å². The highest BCUT2D eigenvalue weighted by Crippen LogP contribution is 2.30. The normalized spacial score (nSPS) is 16.4. The molecule has 9 heteroatoms.